The van der Waals surface area contributed by atoms with E-state index >= 15 is 0 Å². The second kappa shape index (κ2) is 8.45. The van der Waals surface area contributed by atoms with Gasteiger partial charge in [0, 0.05) is 18.4 Å². The van der Waals surface area contributed by atoms with Crippen molar-refractivity contribution in [1.29, 1.82) is 0 Å². The van der Waals surface area contributed by atoms with Gasteiger partial charge in [0.1, 0.15) is 5.75 Å². The number of benzene rings is 1. The molecule has 0 aliphatic rings. The number of methoxy groups -OCH3 is 1. The van der Waals surface area contributed by atoms with Crippen molar-refractivity contribution in [3.8, 4) is 27.8 Å². The predicted molar refractivity (Wildman–Crippen MR) is 112 cm³/mol. The zero-order valence-corrected chi connectivity index (χ0v) is 16.9. The van der Waals surface area contributed by atoms with Crippen LogP contribution in [0.25, 0.3) is 22.0 Å². The van der Waals surface area contributed by atoms with Gasteiger partial charge in [-0.1, -0.05) is 41.2 Å². The minimum absolute atomic E-state index is 0.599. The number of thioether (sulfide) groups is 1. The second-order valence-electron chi connectivity index (χ2n) is 5.85. The van der Waals surface area contributed by atoms with Gasteiger partial charge < -0.3 is 9.26 Å². The summed E-state index contributed by atoms with van der Waals surface area (Å²) in [6.07, 6.45) is 1.83. The van der Waals surface area contributed by atoms with Crippen molar-refractivity contribution >= 4 is 23.1 Å². The molecule has 0 amide bonds. The Balaban J connectivity index is 1.57. The first-order valence-electron chi connectivity index (χ1n) is 8.60. The first-order chi connectivity index (χ1) is 13.8. The maximum absolute atomic E-state index is 5.47. The predicted octanol–water partition coefficient (Wildman–Crippen LogP) is 5.15. The Kier molecular flexibility index (Phi) is 5.59. The van der Waals surface area contributed by atoms with Gasteiger partial charge in [0.25, 0.3) is 0 Å². The van der Waals surface area contributed by atoms with E-state index in [1.807, 2.05) is 58.5 Å². The molecule has 0 aliphatic carbocycles. The third-order valence-corrected chi connectivity index (χ3v) is 5.93. The van der Waals surface area contributed by atoms with Crippen LogP contribution in [0.1, 0.15) is 5.69 Å². The van der Waals surface area contributed by atoms with Crippen LogP contribution >= 0.6 is 23.1 Å². The average Bonchev–Trinajstić information content (AvgIpc) is 3.47. The Hall–Kier alpha value is -2.84. The number of allylic oxidation sites excluding steroid dienone is 1. The molecule has 4 aromatic rings. The summed E-state index contributed by atoms with van der Waals surface area (Å²) in [5.74, 6) is 2.93. The summed E-state index contributed by atoms with van der Waals surface area (Å²) < 4.78 is 12.9. The van der Waals surface area contributed by atoms with Crippen LogP contribution in [0.5, 0.6) is 5.75 Å². The van der Waals surface area contributed by atoms with E-state index in [4.69, 9.17) is 9.26 Å². The van der Waals surface area contributed by atoms with Crippen LogP contribution in [0.15, 0.2) is 70.2 Å². The maximum atomic E-state index is 5.47. The molecule has 0 radical (unpaired) electrons. The Morgan fingerprint density at radius 1 is 1.25 bits per heavy atom. The van der Waals surface area contributed by atoms with Gasteiger partial charge in [0.2, 0.25) is 0 Å². The van der Waals surface area contributed by atoms with Crippen LogP contribution in [0.2, 0.25) is 0 Å². The lowest BCUT2D eigenvalue weighted by molar-refractivity contribution is 0.416. The highest BCUT2D eigenvalue weighted by molar-refractivity contribution is 7.98. The fourth-order valence-electron chi connectivity index (χ4n) is 2.77. The van der Waals surface area contributed by atoms with Crippen molar-refractivity contribution in [1.82, 2.24) is 19.9 Å². The molecule has 3 aromatic heterocycles. The topological polar surface area (TPSA) is 66.0 Å². The van der Waals surface area contributed by atoms with Crippen molar-refractivity contribution in [3.05, 3.63) is 66.2 Å². The zero-order valence-electron chi connectivity index (χ0n) is 15.2. The van der Waals surface area contributed by atoms with Crippen LogP contribution < -0.4 is 4.74 Å². The smallest absolute Gasteiger partial charge is 0.192 e. The van der Waals surface area contributed by atoms with Gasteiger partial charge in [-0.3, -0.25) is 4.57 Å². The number of thiophene rings is 1. The normalized spacial score (nSPS) is 10.9. The highest BCUT2D eigenvalue weighted by Gasteiger charge is 2.17. The largest absolute Gasteiger partial charge is 0.496 e. The first kappa shape index (κ1) is 18.5. The van der Waals surface area contributed by atoms with Crippen LogP contribution in [0.4, 0.5) is 0 Å². The molecule has 0 N–H and O–H groups in total. The summed E-state index contributed by atoms with van der Waals surface area (Å²) in [5.41, 5.74) is 1.76. The first-order valence-corrected chi connectivity index (χ1v) is 10.5. The van der Waals surface area contributed by atoms with Gasteiger partial charge in [-0.15, -0.1) is 28.1 Å². The van der Waals surface area contributed by atoms with E-state index in [0.717, 1.165) is 38.6 Å². The van der Waals surface area contributed by atoms with E-state index in [0.29, 0.717) is 12.3 Å². The van der Waals surface area contributed by atoms with E-state index in [1.165, 1.54) is 0 Å². The lowest BCUT2D eigenvalue weighted by Crippen LogP contribution is -2.01. The number of ether oxygens (including phenoxy) is 1. The summed E-state index contributed by atoms with van der Waals surface area (Å²) in [6, 6.07) is 13.8. The Morgan fingerprint density at radius 2 is 2.14 bits per heavy atom. The van der Waals surface area contributed by atoms with Crippen LogP contribution in [-0.2, 0) is 12.3 Å². The number of nitrogens with zero attached hydrogens (tertiary/aromatic N) is 4. The lowest BCUT2D eigenvalue weighted by Gasteiger charge is -2.10. The molecule has 1 aromatic carbocycles. The Morgan fingerprint density at radius 3 is 2.93 bits per heavy atom. The Labute approximate surface area is 170 Å². The van der Waals surface area contributed by atoms with Gasteiger partial charge in [-0.2, -0.15) is 0 Å². The number of rotatable bonds is 8. The van der Waals surface area contributed by atoms with Gasteiger partial charge in [-0.25, -0.2) is 0 Å². The average molecular weight is 411 g/mol. The van der Waals surface area contributed by atoms with Gasteiger partial charge in [0.05, 0.1) is 23.2 Å². The highest BCUT2D eigenvalue weighted by atomic mass is 32.2. The minimum Gasteiger partial charge on any atom is -0.496 e. The second-order valence-corrected chi connectivity index (χ2v) is 7.74. The van der Waals surface area contributed by atoms with Crippen molar-refractivity contribution < 1.29 is 9.26 Å². The summed E-state index contributed by atoms with van der Waals surface area (Å²) >= 11 is 3.19. The monoisotopic (exact) mass is 410 g/mol. The van der Waals surface area contributed by atoms with E-state index in [2.05, 4.69) is 21.9 Å². The molecule has 6 nitrogen and oxygen atoms in total. The highest BCUT2D eigenvalue weighted by Crippen LogP contribution is 2.32. The number of aromatic nitrogens is 4. The molecule has 0 spiro atoms. The third kappa shape index (κ3) is 3.74. The molecule has 4 rings (SSSR count). The number of para-hydroxylation sites is 1. The van der Waals surface area contributed by atoms with E-state index in [-0.39, 0.29) is 0 Å². The molecule has 0 saturated heterocycles. The SMILES string of the molecule is C=CCn1c(SCc2cc(-c3cccs3)on2)nnc1-c1ccccc1OC. The number of hydrogen-bond donors (Lipinski definition) is 0. The molecule has 0 atom stereocenters. The molecule has 0 saturated carbocycles. The number of hydrogen-bond acceptors (Lipinski definition) is 7. The molecule has 0 bridgehead atoms. The van der Waals surface area contributed by atoms with Crippen molar-refractivity contribution in [3.63, 3.8) is 0 Å². The fraction of sp³-hybridized carbons (Fsp3) is 0.150. The van der Waals surface area contributed by atoms with E-state index < -0.39 is 0 Å². The molecular weight excluding hydrogens is 392 g/mol. The van der Waals surface area contributed by atoms with E-state index in [1.54, 1.807) is 30.2 Å². The summed E-state index contributed by atoms with van der Waals surface area (Å²) in [7, 11) is 1.65. The van der Waals surface area contributed by atoms with Gasteiger partial charge in [0.15, 0.2) is 16.7 Å². The van der Waals surface area contributed by atoms with Crippen LogP contribution in [-0.4, -0.2) is 27.0 Å². The van der Waals surface area contributed by atoms with Crippen molar-refractivity contribution in [2.24, 2.45) is 0 Å². The molecule has 0 unspecified atom stereocenters. The maximum Gasteiger partial charge on any atom is 0.192 e. The standard InChI is InChI=1S/C20H18N4O2S2/c1-3-10-24-19(15-7-4-5-8-16(15)25-2)21-22-20(24)28-13-14-12-17(26-23-14)18-9-6-11-27-18/h3-9,11-12H,1,10,13H2,2H3. The van der Waals surface area contributed by atoms with Crippen LogP contribution in [0, 0.1) is 0 Å². The summed E-state index contributed by atoms with van der Waals surface area (Å²) in [5, 5.41) is 15.7. The van der Waals surface area contributed by atoms with Gasteiger partial charge >= 0.3 is 0 Å². The summed E-state index contributed by atoms with van der Waals surface area (Å²) in [6.45, 7) is 4.46. The fourth-order valence-corrected chi connectivity index (χ4v) is 4.27. The molecule has 0 aliphatic heterocycles. The molecule has 3 heterocycles. The third-order valence-electron chi connectivity index (χ3n) is 4.05. The zero-order chi connectivity index (χ0) is 19.3. The van der Waals surface area contributed by atoms with Crippen molar-refractivity contribution in [2.45, 2.75) is 17.5 Å². The molecule has 28 heavy (non-hydrogen) atoms. The molecule has 142 valence electrons. The molecular formula is C20H18N4O2S2. The van der Waals surface area contributed by atoms with Crippen molar-refractivity contribution in [2.75, 3.05) is 7.11 Å². The Bertz CT molecular complexity index is 1070. The lowest BCUT2D eigenvalue weighted by atomic mass is 10.2. The molecule has 0 fully saturated rings. The summed E-state index contributed by atoms with van der Waals surface area (Å²) in [4.78, 5) is 1.07. The minimum atomic E-state index is 0.599. The van der Waals surface area contributed by atoms with E-state index in [9.17, 15) is 0 Å². The quantitative estimate of drug-likeness (QED) is 0.296. The van der Waals surface area contributed by atoms with Gasteiger partial charge in [-0.05, 0) is 23.6 Å². The van der Waals surface area contributed by atoms with Crippen LogP contribution in [0.3, 0.4) is 0 Å². The molecule has 8 heteroatoms.